The van der Waals surface area contributed by atoms with Crippen molar-refractivity contribution >= 4 is 22.6 Å². The molecule has 1 aromatic heterocycles. The second-order valence-electron chi connectivity index (χ2n) is 4.66. The average Bonchev–Trinajstić information content (AvgIpc) is 2.55. The van der Waals surface area contributed by atoms with Crippen molar-refractivity contribution in [3.8, 4) is 17.0 Å². The molecule has 0 aliphatic carbocycles. The van der Waals surface area contributed by atoms with Crippen LogP contribution in [0.15, 0.2) is 72.9 Å². The average molecular weight is 387 g/mol. The van der Waals surface area contributed by atoms with Gasteiger partial charge >= 0.3 is 0 Å². The summed E-state index contributed by atoms with van der Waals surface area (Å²) >= 11 is 2.26. The van der Waals surface area contributed by atoms with Gasteiger partial charge in [0.1, 0.15) is 12.4 Å². The molecule has 21 heavy (non-hydrogen) atoms. The fourth-order valence-electron chi connectivity index (χ4n) is 2.01. The molecule has 2 aromatic carbocycles. The van der Waals surface area contributed by atoms with Crippen LogP contribution in [0.5, 0.6) is 5.75 Å². The first-order valence-corrected chi connectivity index (χ1v) is 7.78. The second-order valence-corrected chi connectivity index (χ2v) is 5.91. The maximum atomic E-state index is 5.78. The molecule has 0 radical (unpaired) electrons. The van der Waals surface area contributed by atoms with E-state index in [-0.39, 0.29) is 0 Å². The largest absolute Gasteiger partial charge is 0.489 e. The molecule has 0 aliphatic heterocycles. The minimum atomic E-state index is 0.585. The Morgan fingerprint density at radius 3 is 2.29 bits per heavy atom. The van der Waals surface area contributed by atoms with Gasteiger partial charge in [0.05, 0.1) is 5.69 Å². The van der Waals surface area contributed by atoms with Crippen LogP contribution in [-0.4, -0.2) is 4.98 Å². The van der Waals surface area contributed by atoms with Crippen LogP contribution in [0.4, 0.5) is 0 Å². The van der Waals surface area contributed by atoms with Gasteiger partial charge in [0.15, 0.2) is 0 Å². The second kappa shape index (κ2) is 6.72. The molecule has 0 amide bonds. The molecule has 3 heteroatoms. The van der Waals surface area contributed by atoms with Crippen LogP contribution >= 0.6 is 22.6 Å². The molecule has 0 atom stereocenters. The van der Waals surface area contributed by atoms with E-state index in [1.807, 2.05) is 54.7 Å². The summed E-state index contributed by atoms with van der Waals surface area (Å²) in [7, 11) is 0. The van der Waals surface area contributed by atoms with Crippen molar-refractivity contribution in [2.75, 3.05) is 0 Å². The third-order valence-electron chi connectivity index (χ3n) is 3.13. The standard InChI is InChI=1S/C18H14INO/c19-16-8-11-18(20-12-16)15-6-9-17(10-7-15)21-13-14-4-2-1-3-5-14/h1-12H,13H2. The molecule has 3 aromatic rings. The number of rotatable bonds is 4. The smallest absolute Gasteiger partial charge is 0.119 e. The number of aromatic nitrogens is 1. The Labute approximate surface area is 138 Å². The predicted octanol–water partition coefficient (Wildman–Crippen LogP) is 4.93. The van der Waals surface area contributed by atoms with Crippen molar-refractivity contribution in [3.63, 3.8) is 0 Å². The van der Waals surface area contributed by atoms with Crippen molar-refractivity contribution in [2.45, 2.75) is 6.61 Å². The molecule has 0 saturated carbocycles. The SMILES string of the molecule is Ic1ccc(-c2ccc(OCc3ccccc3)cc2)nc1. The van der Waals surface area contributed by atoms with Gasteiger partial charge in [-0.25, -0.2) is 0 Å². The van der Waals surface area contributed by atoms with Crippen molar-refractivity contribution < 1.29 is 4.74 Å². The number of ether oxygens (including phenoxy) is 1. The van der Waals surface area contributed by atoms with Crippen molar-refractivity contribution in [1.82, 2.24) is 4.98 Å². The number of pyridine rings is 1. The number of hydrogen-bond acceptors (Lipinski definition) is 2. The molecule has 2 nitrogen and oxygen atoms in total. The summed E-state index contributed by atoms with van der Waals surface area (Å²) in [4.78, 5) is 4.42. The van der Waals surface area contributed by atoms with Gasteiger partial charge in [-0.2, -0.15) is 0 Å². The van der Waals surface area contributed by atoms with E-state index in [0.717, 1.165) is 20.6 Å². The molecule has 1 heterocycles. The number of nitrogens with zero attached hydrogens (tertiary/aromatic N) is 1. The highest BCUT2D eigenvalue weighted by molar-refractivity contribution is 14.1. The summed E-state index contributed by atoms with van der Waals surface area (Å²) in [6.45, 7) is 0.585. The fourth-order valence-corrected chi connectivity index (χ4v) is 2.33. The number of benzene rings is 2. The van der Waals surface area contributed by atoms with Crippen LogP contribution < -0.4 is 4.74 Å². The quantitative estimate of drug-likeness (QED) is 0.593. The van der Waals surface area contributed by atoms with E-state index in [4.69, 9.17) is 4.74 Å². The van der Waals surface area contributed by atoms with Crippen LogP contribution in [0.25, 0.3) is 11.3 Å². The Bertz CT molecular complexity index is 694. The van der Waals surface area contributed by atoms with Gasteiger partial charge < -0.3 is 4.74 Å². The minimum absolute atomic E-state index is 0.585. The highest BCUT2D eigenvalue weighted by Crippen LogP contribution is 2.21. The van der Waals surface area contributed by atoms with E-state index in [9.17, 15) is 0 Å². The van der Waals surface area contributed by atoms with Gasteiger partial charge in [-0.1, -0.05) is 30.3 Å². The van der Waals surface area contributed by atoms with Crippen LogP contribution in [-0.2, 0) is 6.61 Å². The lowest BCUT2D eigenvalue weighted by atomic mass is 10.1. The topological polar surface area (TPSA) is 22.1 Å². The Balaban J connectivity index is 1.68. The third kappa shape index (κ3) is 3.82. The fraction of sp³-hybridized carbons (Fsp3) is 0.0556. The Kier molecular flexibility index (Phi) is 4.50. The summed E-state index contributed by atoms with van der Waals surface area (Å²) in [6, 6.07) is 22.3. The Morgan fingerprint density at radius 1 is 0.857 bits per heavy atom. The molecule has 0 aliphatic rings. The molecule has 3 rings (SSSR count). The van der Waals surface area contributed by atoms with Gasteiger partial charge in [0.25, 0.3) is 0 Å². The van der Waals surface area contributed by atoms with Gasteiger partial charge in [-0.05, 0) is 64.6 Å². The normalized spacial score (nSPS) is 10.3. The van der Waals surface area contributed by atoms with E-state index in [2.05, 4.69) is 45.8 Å². The lowest BCUT2D eigenvalue weighted by molar-refractivity contribution is 0.306. The highest BCUT2D eigenvalue weighted by atomic mass is 127. The molecule has 0 unspecified atom stereocenters. The van der Waals surface area contributed by atoms with Crippen molar-refractivity contribution in [2.24, 2.45) is 0 Å². The highest BCUT2D eigenvalue weighted by Gasteiger charge is 2.00. The number of hydrogen-bond donors (Lipinski definition) is 0. The van der Waals surface area contributed by atoms with Crippen LogP contribution in [0.2, 0.25) is 0 Å². The van der Waals surface area contributed by atoms with Crippen molar-refractivity contribution in [3.05, 3.63) is 82.1 Å². The maximum Gasteiger partial charge on any atom is 0.119 e. The van der Waals surface area contributed by atoms with E-state index >= 15 is 0 Å². The Morgan fingerprint density at radius 2 is 1.62 bits per heavy atom. The maximum absolute atomic E-state index is 5.78. The Hall–Kier alpha value is -1.88. The van der Waals surface area contributed by atoms with E-state index in [1.54, 1.807) is 0 Å². The number of halogens is 1. The van der Waals surface area contributed by atoms with Gasteiger partial charge in [-0.3, -0.25) is 4.98 Å². The summed E-state index contributed by atoms with van der Waals surface area (Å²) in [5, 5.41) is 0. The van der Waals surface area contributed by atoms with Gasteiger partial charge in [0.2, 0.25) is 0 Å². The molecule has 104 valence electrons. The zero-order chi connectivity index (χ0) is 14.5. The molecule has 0 N–H and O–H groups in total. The first-order chi connectivity index (χ1) is 10.3. The minimum Gasteiger partial charge on any atom is -0.489 e. The molecule has 0 fully saturated rings. The van der Waals surface area contributed by atoms with Crippen LogP contribution in [0.1, 0.15) is 5.56 Å². The molecular weight excluding hydrogens is 373 g/mol. The third-order valence-corrected chi connectivity index (χ3v) is 3.76. The summed E-state index contributed by atoms with van der Waals surface area (Å²) in [5.41, 5.74) is 3.24. The zero-order valence-corrected chi connectivity index (χ0v) is 13.5. The summed E-state index contributed by atoms with van der Waals surface area (Å²) < 4.78 is 6.92. The van der Waals surface area contributed by atoms with Crippen LogP contribution in [0.3, 0.4) is 0 Å². The monoisotopic (exact) mass is 387 g/mol. The molecular formula is C18H14INO. The van der Waals surface area contributed by atoms with Gasteiger partial charge in [0, 0.05) is 15.3 Å². The van der Waals surface area contributed by atoms with E-state index in [1.165, 1.54) is 5.56 Å². The summed E-state index contributed by atoms with van der Waals surface area (Å²) in [5.74, 6) is 0.869. The lowest BCUT2D eigenvalue weighted by Gasteiger charge is -2.07. The molecule has 0 saturated heterocycles. The van der Waals surface area contributed by atoms with Crippen molar-refractivity contribution in [1.29, 1.82) is 0 Å². The summed E-state index contributed by atoms with van der Waals surface area (Å²) in [6.07, 6.45) is 1.87. The van der Waals surface area contributed by atoms with E-state index in [0.29, 0.717) is 6.61 Å². The lowest BCUT2D eigenvalue weighted by Crippen LogP contribution is -1.94. The molecule has 0 bridgehead atoms. The van der Waals surface area contributed by atoms with E-state index < -0.39 is 0 Å². The first kappa shape index (κ1) is 14.1. The first-order valence-electron chi connectivity index (χ1n) is 6.70. The molecule has 0 spiro atoms. The zero-order valence-electron chi connectivity index (χ0n) is 11.4. The van der Waals surface area contributed by atoms with Crippen LogP contribution in [0, 0.1) is 3.57 Å². The van der Waals surface area contributed by atoms with Gasteiger partial charge in [-0.15, -0.1) is 0 Å². The predicted molar refractivity (Wildman–Crippen MR) is 93.2 cm³/mol.